The number of hydrogen-bond acceptors (Lipinski definition) is 1. The molecular formula is C49H37N. The second kappa shape index (κ2) is 12.1. The van der Waals surface area contributed by atoms with Crippen LogP contribution in [0.5, 0.6) is 0 Å². The van der Waals surface area contributed by atoms with Crippen LogP contribution in [0.1, 0.15) is 25.0 Å². The van der Waals surface area contributed by atoms with E-state index in [9.17, 15) is 0 Å². The average Bonchev–Trinajstić information content (AvgIpc) is 3.41. The Morgan fingerprint density at radius 2 is 0.880 bits per heavy atom. The highest BCUT2D eigenvalue weighted by Gasteiger charge is 2.36. The second-order valence-electron chi connectivity index (χ2n) is 13.8. The first kappa shape index (κ1) is 29.9. The van der Waals surface area contributed by atoms with Crippen LogP contribution in [0.25, 0.3) is 55.3 Å². The topological polar surface area (TPSA) is 3.24 Å². The van der Waals surface area contributed by atoms with Crippen molar-refractivity contribution >= 4 is 27.8 Å². The molecule has 0 spiro atoms. The lowest BCUT2D eigenvalue weighted by molar-refractivity contribution is 0.660. The summed E-state index contributed by atoms with van der Waals surface area (Å²) in [6.45, 7) is 4.76. The van der Waals surface area contributed by atoms with Crippen molar-refractivity contribution in [1.29, 1.82) is 0 Å². The van der Waals surface area contributed by atoms with Crippen LogP contribution in [0, 0.1) is 0 Å². The molecule has 0 atom stereocenters. The smallest absolute Gasteiger partial charge is 0.0540 e. The fourth-order valence-electron chi connectivity index (χ4n) is 7.87. The summed E-state index contributed by atoms with van der Waals surface area (Å²) in [5, 5.41) is 2.45. The van der Waals surface area contributed by atoms with Crippen LogP contribution in [0.15, 0.2) is 188 Å². The maximum Gasteiger partial charge on any atom is 0.0540 e. The van der Waals surface area contributed by atoms with E-state index in [1.807, 2.05) is 0 Å². The molecule has 0 N–H and O–H groups in total. The van der Waals surface area contributed by atoms with Crippen molar-refractivity contribution in [1.82, 2.24) is 0 Å². The normalized spacial score (nSPS) is 12.8. The first-order chi connectivity index (χ1) is 24.6. The van der Waals surface area contributed by atoms with Crippen molar-refractivity contribution in [3.8, 4) is 44.5 Å². The summed E-state index contributed by atoms with van der Waals surface area (Å²) < 4.78 is 0. The van der Waals surface area contributed by atoms with Gasteiger partial charge in [0.1, 0.15) is 0 Å². The zero-order chi connectivity index (χ0) is 33.7. The Morgan fingerprint density at radius 3 is 1.64 bits per heavy atom. The van der Waals surface area contributed by atoms with Gasteiger partial charge in [-0.25, -0.2) is 0 Å². The van der Waals surface area contributed by atoms with Crippen LogP contribution in [0.3, 0.4) is 0 Å². The summed E-state index contributed by atoms with van der Waals surface area (Å²) in [4.78, 5) is 2.46. The van der Waals surface area contributed by atoms with Crippen molar-refractivity contribution in [2.24, 2.45) is 0 Å². The molecule has 0 amide bonds. The quantitative estimate of drug-likeness (QED) is 0.175. The van der Waals surface area contributed by atoms with Crippen LogP contribution in [-0.4, -0.2) is 0 Å². The van der Waals surface area contributed by atoms with E-state index < -0.39 is 0 Å². The Morgan fingerprint density at radius 1 is 0.360 bits per heavy atom. The first-order valence-corrected chi connectivity index (χ1v) is 17.4. The molecule has 0 heterocycles. The molecule has 0 unspecified atom stereocenters. The van der Waals surface area contributed by atoms with Gasteiger partial charge in [-0.2, -0.15) is 0 Å². The molecule has 0 aromatic heterocycles. The van der Waals surface area contributed by atoms with Crippen molar-refractivity contribution in [2.75, 3.05) is 4.90 Å². The minimum absolute atomic E-state index is 0.177. The van der Waals surface area contributed by atoms with E-state index in [4.69, 9.17) is 0 Å². The Labute approximate surface area is 294 Å². The molecule has 8 aromatic rings. The third kappa shape index (κ3) is 5.02. The molecule has 1 heteroatoms. The number of anilines is 3. The molecule has 0 saturated carbocycles. The van der Waals surface area contributed by atoms with Gasteiger partial charge in [-0.1, -0.05) is 172 Å². The van der Waals surface area contributed by atoms with Crippen molar-refractivity contribution in [3.63, 3.8) is 0 Å². The molecule has 0 aliphatic heterocycles. The summed E-state index contributed by atoms with van der Waals surface area (Å²) in [5.41, 5.74) is 16.0. The predicted molar refractivity (Wildman–Crippen MR) is 213 cm³/mol. The van der Waals surface area contributed by atoms with Gasteiger partial charge in [0.05, 0.1) is 11.4 Å². The van der Waals surface area contributed by atoms with E-state index in [-0.39, 0.29) is 5.41 Å². The highest BCUT2D eigenvalue weighted by atomic mass is 15.1. The molecule has 238 valence electrons. The third-order valence-corrected chi connectivity index (χ3v) is 10.5. The number of nitrogens with zero attached hydrogens (tertiary/aromatic N) is 1. The van der Waals surface area contributed by atoms with Gasteiger partial charge in [0.15, 0.2) is 0 Å². The van der Waals surface area contributed by atoms with Gasteiger partial charge < -0.3 is 4.90 Å². The summed E-state index contributed by atoms with van der Waals surface area (Å²) >= 11 is 0. The van der Waals surface area contributed by atoms with Gasteiger partial charge in [-0.3, -0.25) is 0 Å². The Balaban J connectivity index is 1.16. The fourth-order valence-corrected chi connectivity index (χ4v) is 7.87. The predicted octanol–water partition coefficient (Wildman–Crippen LogP) is 13.6. The lowest BCUT2D eigenvalue weighted by Crippen LogP contribution is -2.17. The number of rotatable bonds is 6. The largest absolute Gasteiger partial charge is 0.309 e. The molecule has 8 aromatic carbocycles. The standard InChI is InChI=1S/C49H37N/c1-49(2)45-32-39(36-26-24-35(25-27-36)34-14-5-3-6-15-34)28-30-43(45)44-31-29-40(33-46(44)49)50(48-23-13-19-38-18-9-10-20-42(38)48)47-22-12-11-21-41(47)37-16-7-4-8-17-37/h3-33H,1-2H3. The lowest BCUT2D eigenvalue weighted by atomic mass is 9.81. The van der Waals surface area contributed by atoms with Crippen LogP contribution < -0.4 is 4.90 Å². The molecule has 0 saturated heterocycles. The molecule has 0 fully saturated rings. The van der Waals surface area contributed by atoms with Gasteiger partial charge in [-0.15, -0.1) is 0 Å². The lowest BCUT2D eigenvalue weighted by Gasteiger charge is -2.30. The average molecular weight is 640 g/mol. The summed E-state index contributed by atoms with van der Waals surface area (Å²) in [7, 11) is 0. The van der Waals surface area contributed by atoms with E-state index >= 15 is 0 Å². The fraction of sp³-hybridized carbons (Fsp3) is 0.0612. The first-order valence-electron chi connectivity index (χ1n) is 17.4. The zero-order valence-corrected chi connectivity index (χ0v) is 28.3. The second-order valence-corrected chi connectivity index (χ2v) is 13.8. The van der Waals surface area contributed by atoms with Crippen LogP contribution in [-0.2, 0) is 5.41 Å². The van der Waals surface area contributed by atoms with Gasteiger partial charge in [0.2, 0.25) is 0 Å². The molecular weight excluding hydrogens is 603 g/mol. The Hall–Kier alpha value is -6.18. The Bertz CT molecular complexity index is 2490. The van der Waals surface area contributed by atoms with E-state index in [1.165, 1.54) is 72.1 Å². The van der Waals surface area contributed by atoms with Crippen molar-refractivity contribution in [2.45, 2.75) is 19.3 Å². The summed E-state index contributed by atoms with van der Waals surface area (Å²) in [6, 6.07) is 68.6. The molecule has 1 aliphatic rings. The Kier molecular flexibility index (Phi) is 7.21. The minimum Gasteiger partial charge on any atom is -0.309 e. The molecule has 0 radical (unpaired) electrons. The van der Waals surface area contributed by atoms with Gasteiger partial charge in [-0.05, 0) is 85.8 Å². The summed E-state index contributed by atoms with van der Waals surface area (Å²) in [5.74, 6) is 0. The van der Waals surface area contributed by atoms with E-state index in [0.717, 1.165) is 11.4 Å². The van der Waals surface area contributed by atoms with E-state index in [1.54, 1.807) is 0 Å². The SMILES string of the molecule is CC1(C)c2cc(-c3ccc(-c4ccccc4)cc3)ccc2-c2ccc(N(c3ccccc3-c3ccccc3)c3cccc4ccccc34)cc21. The molecule has 1 nitrogen and oxygen atoms in total. The maximum atomic E-state index is 2.46. The van der Waals surface area contributed by atoms with Crippen LogP contribution >= 0.6 is 0 Å². The van der Waals surface area contributed by atoms with Crippen LogP contribution in [0.4, 0.5) is 17.1 Å². The van der Waals surface area contributed by atoms with Gasteiger partial charge in [0, 0.05) is 22.1 Å². The van der Waals surface area contributed by atoms with Gasteiger partial charge >= 0.3 is 0 Å². The number of para-hydroxylation sites is 1. The number of benzene rings is 8. The monoisotopic (exact) mass is 639 g/mol. The number of fused-ring (bicyclic) bond motifs is 4. The molecule has 50 heavy (non-hydrogen) atoms. The maximum absolute atomic E-state index is 2.46. The van der Waals surface area contributed by atoms with E-state index in [0.29, 0.717) is 0 Å². The van der Waals surface area contributed by atoms with Gasteiger partial charge in [0.25, 0.3) is 0 Å². The highest BCUT2D eigenvalue weighted by Crippen LogP contribution is 2.52. The molecule has 1 aliphatic carbocycles. The highest BCUT2D eigenvalue weighted by molar-refractivity contribution is 6.01. The number of hydrogen-bond donors (Lipinski definition) is 0. The molecule has 9 rings (SSSR count). The van der Waals surface area contributed by atoms with Crippen molar-refractivity contribution < 1.29 is 0 Å². The van der Waals surface area contributed by atoms with Crippen LogP contribution in [0.2, 0.25) is 0 Å². The summed E-state index contributed by atoms with van der Waals surface area (Å²) in [6.07, 6.45) is 0. The zero-order valence-electron chi connectivity index (χ0n) is 28.3. The third-order valence-electron chi connectivity index (χ3n) is 10.5. The van der Waals surface area contributed by atoms with Crippen molar-refractivity contribution in [3.05, 3.63) is 199 Å². The molecule has 0 bridgehead atoms. The minimum atomic E-state index is -0.177. The van der Waals surface area contributed by atoms with E-state index in [2.05, 4.69) is 207 Å².